The molecule has 0 amide bonds. The van der Waals surface area contributed by atoms with Crippen molar-refractivity contribution in [3.05, 3.63) is 23.0 Å². The van der Waals surface area contributed by atoms with Gasteiger partial charge in [-0.15, -0.1) is 0 Å². The third kappa shape index (κ3) is 3.33. The third-order valence-corrected chi connectivity index (χ3v) is 3.48. The molecule has 3 nitrogen and oxygen atoms in total. The van der Waals surface area contributed by atoms with Crippen molar-refractivity contribution in [1.82, 2.24) is 4.98 Å². The average Bonchev–Trinajstić information content (AvgIpc) is 2.22. The van der Waals surface area contributed by atoms with E-state index in [1.807, 2.05) is 13.0 Å². The number of hydrogen-bond donors (Lipinski definition) is 1. The van der Waals surface area contributed by atoms with Crippen LogP contribution >= 0.6 is 11.6 Å². The smallest absolute Gasteiger partial charge is 0.132 e. The van der Waals surface area contributed by atoms with Crippen molar-refractivity contribution in [2.75, 3.05) is 11.9 Å². The summed E-state index contributed by atoms with van der Waals surface area (Å²) < 4.78 is 5.70. The van der Waals surface area contributed by atoms with E-state index in [-0.39, 0.29) is 5.60 Å². The van der Waals surface area contributed by atoms with Gasteiger partial charge in [-0.1, -0.05) is 11.6 Å². The molecule has 0 saturated carbocycles. The van der Waals surface area contributed by atoms with Crippen LogP contribution < -0.4 is 5.32 Å². The summed E-state index contributed by atoms with van der Waals surface area (Å²) in [6.07, 6.45) is 3.83. The van der Waals surface area contributed by atoms with Gasteiger partial charge in [0.2, 0.25) is 0 Å². The fourth-order valence-electron chi connectivity index (χ4n) is 2.23. The molecule has 1 unspecified atom stereocenters. The van der Waals surface area contributed by atoms with Gasteiger partial charge in [0, 0.05) is 12.6 Å². The first kappa shape index (κ1) is 12.7. The highest BCUT2D eigenvalue weighted by molar-refractivity contribution is 6.30. The van der Waals surface area contributed by atoms with E-state index in [4.69, 9.17) is 16.3 Å². The summed E-state index contributed by atoms with van der Waals surface area (Å²) in [6.45, 7) is 7.04. The molecule has 4 heteroatoms. The summed E-state index contributed by atoms with van der Waals surface area (Å²) in [5.41, 5.74) is 2.00. The highest BCUT2D eigenvalue weighted by Gasteiger charge is 2.28. The topological polar surface area (TPSA) is 34.1 Å². The van der Waals surface area contributed by atoms with Crippen molar-refractivity contribution in [1.29, 1.82) is 0 Å². The van der Waals surface area contributed by atoms with Gasteiger partial charge in [0.05, 0.1) is 17.5 Å². The molecule has 0 aromatic carbocycles. The van der Waals surface area contributed by atoms with Crippen LogP contribution in [0.15, 0.2) is 12.3 Å². The van der Waals surface area contributed by atoms with Gasteiger partial charge >= 0.3 is 0 Å². The lowest BCUT2D eigenvalue weighted by Gasteiger charge is -2.36. The lowest BCUT2D eigenvalue weighted by atomic mass is 9.94. The molecule has 17 heavy (non-hydrogen) atoms. The van der Waals surface area contributed by atoms with Gasteiger partial charge in [0.15, 0.2) is 0 Å². The number of rotatable bonds is 2. The molecule has 0 bridgehead atoms. The Morgan fingerprint density at radius 3 is 2.94 bits per heavy atom. The van der Waals surface area contributed by atoms with Crippen LogP contribution in [-0.2, 0) is 4.74 Å². The minimum Gasteiger partial charge on any atom is -0.381 e. The number of ether oxygens (including phenoxy) is 1. The molecular weight excluding hydrogens is 236 g/mol. The van der Waals surface area contributed by atoms with Crippen LogP contribution in [0, 0.1) is 6.92 Å². The second kappa shape index (κ2) is 4.83. The zero-order chi connectivity index (χ0) is 12.5. The first-order chi connectivity index (χ1) is 7.96. The van der Waals surface area contributed by atoms with Gasteiger partial charge in [0.25, 0.3) is 0 Å². The molecule has 1 saturated heterocycles. The standard InChI is InChI=1S/C13H19ClN2O/c1-9-6-11(8-15-12(9)14)16-10-4-5-17-13(2,3)7-10/h6,8,10,16H,4-5,7H2,1-3H3. The molecule has 0 aliphatic carbocycles. The summed E-state index contributed by atoms with van der Waals surface area (Å²) >= 11 is 5.91. The molecule has 1 aromatic heterocycles. The maximum atomic E-state index is 5.91. The van der Waals surface area contributed by atoms with E-state index in [2.05, 4.69) is 24.1 Å². The van der Waals surface area contributed by atoms with Gasteiger partial charge in [0.1, 0.15) is 5.15 Å². The summed E-state index contributed by atoms with van der Waals surface area (Å²) in [5.74, 6) is 0. The summed E-state index contributed by atoms with van der Waals surface area (Å²) in [7, 11) is 0. The number of anilines is 1. The van der Waals surface area contributed by atoms with Crippen molar-refractivity contribution in [2.24, 2.45) is 0 Å². The second-order valence-electron chi connectivity index (χ2n) is 5.27. The Hall–Kier alpha value is -0.800. The largest absolute Gasteiger partial charge is 0.381 e. The highest BCUT2D eigenvalue weighted by atomic mass is 35.5. The van der Waals surface area contributed by atoms with E-state index in [1.165, 1.54) is 0 Å². The lowest BCUT2D eigenvalue weighted by molar-refractivity contribution is -0.0553. The van der Waals surface area contributed by atoms with Crippen molar-refractivity contribution in [3.8, 4) is 0 Å². The molecule has 1 fully saturated rings. The fraction of sp³-hybridized carbons (Fsp3) is 0.615. The Labute approximate surface area is 108 Å². The number of nitrogens with one attached hydrogen (secondary N) is 1. The number of halogens is 1. The first-order valence-corrected chi connectivity index (χ1v) is 6.37. The zero-order valence-electron chi connectivity index (χ0n) is 10.6. The number of aromatic nitrogens is 1. The number of aryl methyl sites for hydroxylation is 1. The Bertz CT molecular complexity index is 406. The summed E-state index contributed by atoms with van der Waals surface area (Å²) in [4.78, 5) is 4.15. The van der Waals surface area contributed by atoms with Crippen LogP contribution in [0.25, 0.3) is 0 Å². The van der Waals surface area contributed by atoms with Crippen molar-refractivity contribution in [3.63, 3.8) is 0 Å². The van der Waals surface area contributed by atoms with Crippen LogP contribution in [0.3, 0.4) is 0 Å². The molecule has 1 aromatic rings. The quantitative estimate of drug-likeness (QED) is 0.822. The van der Waals surface area contributed by atoms with Gasteiger partial charge in [-0.25, -0.2) is 4.98 Å². The van der Waals surface area contributed by atoms with Crippen molar-refractivity contribution >= 4 is 17.3 Å². The lowest BCUT2D eigenvalue weighted by Crippen LogP contribution is -2.40. The highest BCUT2D eigenvalue weighted by Crippen LogP contribution is 2.26. The summed E-state index contributed by atoms with van der Waals surface area (Å²) in [6, 6.07) is 2.48. The predicted molar refractivity (Wildman–Crippen MR) is 70.7 cm³/mol. The van der Waals surface area contributed by atoms with Crippen LogP contribution in [0.1, 0.15) is 32.3 Å². The molecule has 2 heterocycles. The number of nitrogens with zero attached hydrogens (tertiary/aromatic N) is 1. The number of hydrogen-bond acceptors (Lipinski definition) is 3. The number of pyridine rings is 1. The molecule has 94 valence electrons. The van der Waals surface area contributed by atoms with E-state index in [1.54, 1.807) is 6.20 Å². The van der Waals surface area contributed by atoms with Crippen molar-refractivity contribution in [2.45, 2.75) is 45.3 Å². The normalized spacial score (nSPS) is 23.4. The Morgan fingerprint density at radius 2 is 2.29 bits per heavy atom. The van der Waals surface area contributed by atoms with Gasteiger partial charge in [-0.2, -0.15) is 0 Å². The van der Waals surface area contributed by atoms with Crippen LogP contribution in [0.4, 0.5) is 5.69 Å². The zero-order valence-corrected chi connectivity index (χ0v) is 11.3. The maximum Gasteiger partial charge on any atom is 0.132 e. The average molecular weight is 255 g/mol. The Kier molecular flexibility index (Phi) is 3.59. The van der Waals surface area contributed by atoms with Crippen LogP contribution in [0.5, 0.6) is 0 Å². The first-order valence-electron chi connectivity index (χ1n) is 5.99. The minimum atomic E-state index is -0.0369. The molecule has 1 atom stereocenters. The van der Waals surface area contributed by atoms with Gasteiger partial charge in [-0.3, -0.25) is 0 Å². The monoisotopic (exact) mass is 254 g/mol. The molecular formula is C13H19ClN2O. The van der Waals surface area contributed by atoms with E-state index < -0.39 is 0 Å². The van der Waals surface area contributed by atoms with E-state index in [0.29, 0.717) is 11.2 Å². The maximum absolute atomic E-state index is 5.91. The minimum absolute atomic E-state index is 0.0369. The third-order valence-electron chi connectivity index (χ3n) is 3.08. The van der Waals surface area contributed by atoms with Crippen molar-refractivity contribution < 1.29 is 4.74 Å². The molecule has 1 aliphatic heterocycles. The van der Waals surface area contributed by atoms with E-state index in [0.717, 1.165) is 30.7 Å². The van der Waals surface area contributed by atoms with Gasteiger partial charge < -0.3 is 10.1 Å². The van der Waals surface area contributed by atoms with Crippen LogP contribution in [0.2, 0.25) is 5.15 Å². The molecule has 1 N–H and O–H groups in total. The fourth-order valence-corrected chi connectivity index (χ4v) is 2.33. The van der Waals surface area contributed by atoms with Gasteiger partial charge in [-0.05, 0) is 45.2 Å². The Morgan fingerprint density at radius 1 is 1.53 bits per heavy atom. The molecule has 1 aliphatic rings. The SMILES string of the molecule is Cc1cc(NC2CCOC(C)(C)C2)cnc1Cl. The second-order valence-corrected chi connectivity index (χ2v) is 5.63. The Balaban J connectivity index is 2.03. The summed E-state index contributed by atoms with van der Waals surface area (Å²) in [5, 5.41) is 4.08. The molecule has 0 spiro atoms. The predicted octanol–water partition coefficient (Wildman–Crippen LogP) is 3.41. The van der Waals surface area contributed by atoms with Crippen LogP contribution in [-0.4, -0.2) is 23.2 Å². The van der Waals surface area contributed by atoms with E-state index in [9.17, 15) is 0 Å². The molecule has 0 radical (unpaired) electrons. The molecule has 2 rings (SSSR count). The van der Waals surface area contributed by atoms with E-state index >= 15 is 0 Å².